The van der Waals surface area contributed by atoms with Gasteiger partial charge in [0.05, 0.1) is 30.1 Å². The lowest BCUT2D eigenvalue weighted by Crippen LogP contribution is -2.26. The Labute approximate surface area is 155 Å². The Bertz CT molecular complexity index is 810. The standard InChI is InChI=1S/C17H17Cl2N3O3/c1-10(12-7-11(18)8-13(19)17(12)24)21-22-16(23)9-20-14-5-3-4-6-15(14)25-2/h3-8,20,24H,9H2,1-2H3,(H,22,23). The Kier molecular flexibility index (Phi) is 6.50. The summed E-state index contributed by atoms with van der Waals surface area (Å²) in [5, 5.41) is 17.3. The summed E-state index contributed by atoms with van der Waals surface area (Å²) in [6, 6.07) is 10.2. The van der Waals surface area contributed by atoms with Crippen LogP contribution in [0.5, 0.6) is 11.5 Å². The molecule has 0 aliphatic carbocycles. The number of ether oxygens (including phenoxy) is 1. The Morgan fingerprint density at radius 1 is 1.28 bits per heavy atom. The zero-order valence-corrected chi connectivity index (χ0v) is 15.1. The molecule has 2 aromatic rings. The fourth-order valence-electron chi connectivity index (χ4n) is 2.05. The third-order valence-electron chi connectivity index (χ3n) is 3.31. The first-order valence-corrected chi connectivity index (χ1v) is 8.06. The molecule has 6 nitrogen and oxygen atoms in total. The number of phenolic OH excluding ortho intramolecular Hbond substituents is 1. The molecule has 2 rings (SSSR count). The van der Waals surface area contributed by atoms with Crippen molar-refractivity contribution >= 4 is 40.5 Å². The van der Waals surface area contributed by atoms with Crippen LogP contribution in [0.25, 0.3) is 0 Å². The van der Waals surface area contributed by atoms with Gasteiger partial charge >= 0.3 is 0 Å². The molecule has 132 valence electrons. The Morgan fingerprint density at radius 3 is 2.72 bits per heavy atom. The van der Waals surface area contributed by atoms with Gasteiger partial charge in [0.2, 0.25) is 0 Å². The molecule has 3 N–H and O–H groups in total. The number of carbonyl (C=O) groups excluding carboxylic acids is 1. The van der Waals surface area contributed by atoms with Crippen molar-refractivity contribution in [1.82, 2.24) is 5.43 Å². The maximum atomic E-state index is 11.9. The molecule has 25 heavy (non-hydrogen) atoms. The Hall–Kier alpha value is -2.44. The fraction of sp³-hybridized carbons (Fsp3) is 0.176. The van der Waals surface area contributed by atoms with E-state index in [1.54, 1.807) is 26.2 Å². The average molecular weight is 382 g/mol. The number of nitrogens with zero attached hydrogens (tertiary/aromatic N) is 1. The van der Waals surface area contributed by atoms with Gasteiger partial charge in [-0.1, -0.05) is 35.3 Å². The third kappa shape index (κ3) is 5.01. The van der Waals surface area contributed by atoms with Crippen LogP contribution in [0.1, 0.15) is 12.5 Å². The second kappa shape index (κ2) is 8.60. The average Bonchev–Trinajstić information content (AvgIpc) is 2.61. The largest absolute Gasteiger partial charge is 0.506 e. The highest BCUT2D eigenvalue weighted by Crippen LogP contribution is 2.31. The van der Waals surface area contributed by atoms with Gasteiger partial charge in [0.1, 0.15) is 11.5 Å². The number of hydrogen-bond donors (Lipinski definition) is 3. The number of anilines is 1. The molecule has 0 fully saturated rings. The predicted octanol–water partition coefficient (Wildman–Crippen LogP) is 3.66. The van der Waals surface area contributed by atoms with Crippen molar-refractivity contribution in [3.05, 3.63) is 52.0 Å². The molecule has 0 heterocycles. The van der Waals surface area contributed by atoms with E-state index in [1.165, 1.54) is 12.1 Å². The van der Waals surface area contributed by atoms with Crippen molar-refractivity contribution in [3.63, 3.8) is 0 Å². The number of methoxy groups -OCH3 is 1. The number of nitrogens with one attached hydrogen (secondary N) is 2. The van der Waals surface area contributed by atoms with Crippen LogP contribution >= 0.6 is 23.2 Å². The molecule has 0 saturated carbocycles. The first-order chi connectivity index (χ1) is 11.9. The minimum Gasteiger partial charge on any atom is -0.506 e. The number of halogens is 2. The summed E-state index contributed by atoms with van der Waals surface area (Å²) in [6.45, 7) is 1.62. The summed E-state index contributed by atoms with van der Waals surface area (Å²) < 4.78 is 5.19. The normalized spacial score (nSPS) is 11.1. The zero-order valence-electron chi connectivity index (χ0n) is 13.6. The molecule has 0 aliphatic rings. The first-order valence-electron chi connectivity index (χ1n) is 7.30. The molecule has 0 aliphatic heterocycles. The van der Waals surface area contributed by atoms with Crippen LogP contribution in [-0.2, 0) is 4.79 Å². The van der Waals surface area contributed by atoms with Crippen molar-refractivity contribution in [1.29, 1.82) is 0 Å². The molecular weight excluding hydrogens is 365 g/mol. The number of aromatic hydroxyl groups is 1. The van der Waals surface area contributed by atoms with Gasteiger partial charge in [0.25, 0.3) is 5.91 Å². The van der Waals surface area contributed by atoms with Crippen LogP contribution in [0, 0.1) is 0 Å². The van der Waals surface area contributed by atoms with Crippen LogP contribution in [0.2, 0.25) is 10.0 Å². The summed E-state index contributed by atoms with van der Waals surface area (Å²) in [4.78, 5) is 11.9. The van der Waals surface area contributed by atoms with Crippen LogP contribution in [0.4, 0.5) is 5.69 Å². The minimum atomic E-state index is -0.363. The van der Waals surface area contributed by atoms with Gasteiger partial charge < -0.3 is 15.2 Å². The van der Waals surface area contributed by atoms with E-state index in [1.807, 2.05) is 12.1 Å². The third-order valence-corrected chi connectivity index (χ3v) is 3.82. The van der Waals surface area contributed by atoms with Crippen molar-refractivity contribution in [2.45, 2.75) is 6.92 Å². The number of hydrazone groups is 1. The van der Waals surface area contributed by atoms with Gasteiger partial charge in [0, 0.05) is 10.6 Å². The van der Waals surface area contributed by atoms with E-state index in [0.717, 1.165) is 0 Å². The van der Waals surface area contributed by atoms with Gasteiger partial charge in [-0.05, 0) is 31.2 Å². The van der Waals surface area contributed by atoms with E-state index in [0.29, 0.717) is 27.7 Å². The van der Waals surface area contributed by atoms with Gasteiger partial charge in [-0.25, -0.2) is 5.43 Å². The molecule has 0 radical (unpaired) electrons. The zero-order chi connectivity index (χ0) is 18.4. The van der Waals surface area contributed by atoms with Crippen LogP contribution in [0.15, 0.2) is 41.5 Å². The molecule has 0 unspecified atom stereocenters. The van der Waals surface area contributed by atoms with Gasteiger partial charge in [-0.3, -0.25) is 4.79 Å². The van der Waals surface area contributed by atoms with Gasteiger partial charge in [-0.2, -0.15) is 5.10 Å². The van der Waals surface area contributed by atoms with Crippen molar-refractivity contribution < 1.29 is 14.6 Å². The van der Waals surface area contributed by atoms with Crippen molar-refractivity contribution in [2.24, 2.45) is 5.10 Å². The number of hydrogen-bond acceptors (Lipinski definition) is 5. The number of amides is 1. The highest BCUT2D eigenvalue weighted by atomic mass is 35.5. The highest BCUT2D eigenvalue weighted by Gasteiger charge is 2.11. The molecule has 0 atom stereocenters. The molecule has 0 bridgehead atoms. The van der Waals surface area contributed by atoms with E-state index in [4.69, 9.17) is 27.9 Å². The fourth-order valence-corrected chi connectivity index (χ4v) is 2.55. The summed E-state index contributed by atoms with van der Waals surface area (Å²) in [5.41, 5.74) is 3.81. The van der Waals surface area contributed by atoms with E-state index in [9.17, 15) is 9.90 Å². The van der Waals surface area contributed by atoms with Crippen LogP contribution in [-0.4, -0.2) is 30.4 Å². The Morgan fingerprint density at radius 2 is 2.00 bits per heavy atom. The van der Waals surface area contributed by atoms with Crippen LogP contribution < -0.4 is 15.5 Å². The molecule has 0 saturated heterocycles. The van der Waals surface area contributed by atoms with E-state index in [2.05, 4.69) is 15.8 Å². The summed E-state index contributed by atoms with van der Waals surface area (Å²) >= 11 is 11.8. The minimum absolute atomic E-state index is 0.000558. The lowest BCUT2D eigenvalue weighted by atomic mass is 10.1. The number of carbonyl (C=O) groups is 1. The SMILES string of the molecule is COc1ccccc1NCC(=O)NN=C(C)c1cc(Cl)cc(Cl)c1O. The summed E-state index contributed by atoms with van der Waals surface area (Å²) in [7, 11) is 1.55. The molecular formula is C17H17Cl2N3O3. The van der Waals surface area contributed by atoms with E-state index in [-0.39, 0.29) is 23.2 Å². The van der Waals surface area contributed by atoms with Crippen LogP contribution in [0.3, 0.4) is 0 Å². The maximum absolute atomic E-state index is 11.9. The predicted molar refractivity (Wildman–Crippen MR) is 100.0 cm³/mol. The molecule has 0 aromatic heterocycles. The Balaban J connectivity index is 2.00. The second-order valence-electron chi connectivity index (χ2n) is 5.07. The van der Waals surface area contributed by atoms with E-state index < -0.39 is 0 Å². The number of phenols is 1. The first kappa shape index (κ1) is 18.9. The molecule has 8 heteroatoms. The molecule has 2 aromatic carbocycles. The lowest BCUT2D eigenvalue weighted by molar-refractivity contribution is -0.119. The number of para-hydroxylation sites is 2. The topological polar surface area (TPSA) is 83.0 Å². The number of benzene rings is 2. The van der Waals surface area contributed by atoms with Gasteiger partial charge in [0.15, 0.2) is 0 Å². The van der Waals surface area contributed by atoms with Crippen molar-refractivity contribution in [3.8, 4) is 11.5 Å². The van der Waals surface area contributed by atoms with Crippen molar-refractivity contribution in [2.75, 3.05) is 19.0 Å². The monoisotopic (exact) mass is 381 g/mol. The quantitative estimate of drug-likeness (QED) is 0.526. The lowest BCUT2D eigenvalue weighted by Gasteiger charge is -2.10. The second-order valence-corrected chi connectivity index (χ2v) is 5.91. The summed E-state index contributed by atoms with van der Waals surface area (Å²) in [5.74, 6) is 0.125. The molecule has 1 amide bonds. The van der Waals surface area contributed by atoms with E-state index >= 15 is 0 Å². The molecule has 0 spiro atoms. The maximum Gasteiger partial charge on any atom is 0.259 e. The highest BCUT2D eigenvalue weighted by molar-refractivity contribution is 6.36. The summed E-state index contributed by atoms with van der Waals surface area (Å²) in [6.07, 6.45) is 0. The number of rotatable bonds is 6. The van der Waals surface area contributed by atoms with Gasteiger partial charge in [-0.15, -0.1) is 0 Å². The smallest absolute Gasteiger partial charge is 0.259 e.